The summed E-state index contributed by atoms with van der Waals surface area (Å²) in [6.45, 7) is 7.99. The molecule has 0 radical (unpaired) electrons. The molecule has 0 unspecified atom stereocenters. The van der Waals surface area contributed by atoms with E-state index in [0.29, 0.717) is 5.02 Å². The number of nitrogens with one attached hydrogen (secondary N) is 1. The second-order valence-electron chi connectivity index (χ2n) is 7.61. The Balaban J connectivity index is 1.54. The van der Waals surface area contributed by atoms with Crippen molar-refractivity contribution in [1.82, 2.24) is 14.8 Å². The van der Waals surface area contributed by atoms with Crippen LogP contribution < -0.4 is 5.32 Å². The summed E-state index contributed by atoms with van der Waals surface area (Å²) in [5, 5.41) is 11.1. The number of thiazole rings is 1. The number of carbonyl (C=O) groups excluding carboxylic acids is 1. The van der Waals surface area contributed by atoms with Gasteiger partial charge >= 0.3 is 0 Å². The summed E-state index contributed by atoms with van der Waals surface area (Å²) in [6, 6.07) is 13.5. The molecule has 0 aliphatic heterocycles. The molecule has 2 heterocycles. The molecule has 2 aromatic heterocycles. The van der Waals surface area contributed by atoms with Gasteiger partial charge in [0.2, 0.25) is 11.0 Å². The topological polar surface area (TPSA) is 59.8 Å². The van der Waals surface area contributed by atoms with E-state index in [9.17, 15) is 4.79 Å². The third-order valence-corrected chi connectivity index (χ3v) is 6.45. The Kier molecular flexibility index (Phi) is 5.94. The first-order chi connectivity index (χ1) is 14.8. The monoisotopic (exact) mass is 450 g/mol. The van der Waals surface area contributed by atoms with Crippen molar-refractivity contribution in [2.75, 3.05) is 5.32 Å². The molecule has 2 aromatic carbocycles. The average Bonchev–Trinajstić information content (AvgIpc) is 3.32. The van der Waals surface area contributed by atoms with Gasteiger partial charge < -0.3 is 5.32 Å². The SMILES string of the molecule is Cc1ccc(NC(=O)Cc2c(C)nn(-c3nc(-c4ccc(Cl)cc4)cs3)c2C)cc1C. The summed E-state index contributed by atoms with van der Waals surface area (Å²) < 4.78 is 1.82. The third kappa shape index (κ3) is 4.55. The van der Waals surface area contributed by atoms with Crippen molar-refractivity contribution in [2.45, 2.75) is 34.1 Å². The molecule has 7 heteroatoms. The minimum atomic E-state index is -0.0602. The van der Waals surface area contributed by atoms with Crippen molar-refractivity contribution in [3.05, 3.63) is 80.9 Å². The number of aryl methyl sites for hydroxylation is 3. The van der Waals surface area contributed by atoms with Gasteiger partial charge in [-0.25, -0.2) is 9.67 Å². The smallest absolute Gasteiger partial charge is 0.228 e. The molecule has 0 spiro atoms. The fourth-order valence-electron chi connectivity index (χ4n) is 3.42. The molecule has 0 bridgehead atoms. The maximum absolute atomic E-state index is 12.7. The lowest BCUT2D eigenvalue weighted by Crippen LogP contribution is -2.15. The van der Waals surface area contributed by atoms with Crippen molar-refractivity contribution in [2.24, 2.45) is 0 Å². The largest absolute Gasteiger partial charge is 0.326 e. The van der Waals surface area contributed by atoms with Gasteiger partial charge in [0.15, 0.2) is 0 Å². The van der Waals surface area contributed by atoms with Crippen molar-refractivity contribution in [3.63, 3.8) is 0 Å². The predicted molar refractivity (Wildman–Crippen MR) is 127 cm³/mol. The van der Waals surface area contributed by atoms with Crippen LogP contribution >= 0.6 is 22.9 Å². The van der Waals surface area contributed by atoms with E-state index in [1.165, 1.54) is 16.9 Å². The zero-order chi connectivity index (χ0) is 22.1. The van der Waals surface area contributed by atoms with Crippen LogP contribution in [0, 0.1) is 27.7 Å². The van der Waals surface area contributed by atoms with Crippen molar-refractivity contribution >= 4 is 34.5 Å². The van der Waals surface area contributed by atoms with Gasteiger partial charge in [0.1, 0.15) is 0 Å². The fraction of sp³-hybridized carbons (Fsp3) is 0.208. The average molecular weight is 451 g/mol. The van der Waals surface area contributed by atoms with Crippen LogP contribution in [0.3, 0.4) is 0 Å². The van der Waals surface area contributed by atoms with Gasteiger partial charge in [-0.3, -0.25) is 4.79 Å². The van der Waals surface area contributed by atoms with Crippen LogP contribution in [-0.2, 0) is 11.2 Å². The van der Waals surface area contributed by atoms with Gasteiger partial charge in [0.25, 0.3) is 0 Å². The van der Waals surface area contributed by atoms with E-state index in [2.05, 4.69) is 17.3 Å². The third-order valence-electron chi connectivity index (χ3n) is 5.38. The second-order valence-corrected chi connectivity index (χ2v) is 8.88. The van der Waals surface area contributed by atoms with Crippen LogP contribution in [0.5, 0.6) is 0 Å². The summed E-state index contributed by atoms with van der Waals surface area (Å²) in [6.07, 6.45) is 0.264. The Morgan fingerprint density at radius 1 is 1.06 bits per heavy atom. The van der Waals surface area contributed by atoms with Gasteiger partial charge in [0.05, 0.1) is 17.8 Å². The number of anilines is 1. The first-order valence-electron chi connectivity index (χ1n) is 9.96. The number of hydrogen-bond donors (Lipinski definition) is 1. The van der Waals surface area contributed by atoms with E-state index in [-0.39, 0.29) is 12.3 Å². The summed E-state index contributed by atoms with van der Waals surface area (Å²) >= 11 is 7.50. The van der Waals surface area contributed by atoms with Crippen molar-refractivity contribution in [1.29, 1.82) is 0 Å². The Labute approximate surface area is 190 Å². The molecule has 4 rings (SSSR count). The molecular weight excluding hydrogens is 428 g/mol. The van der Waals surface area contributed by atoms with Crippen LogP contribution in [-0.4, -0.2) is 20.7 Å². The highest BCUT2D eigenvalue weighted by Crippen LogP contribution is 2.27. The van der Waals surface area contributed by atoms with Crippen molar-refractivity contribution in [3.8, 4) is 16.4 Å². The van der Waals surface area contributed by atoms with E-state index >= 15 is 0 Å². The Morgan fingerprint density at radius 3 is 2.52 bits per heavy atom. The summed E-state index contributed by atoms with van der Waals surface area (Å²) in [7, 11) is 0. The minimum Gasteiger partial charge on any atom is -0.326 e. The minimum absolute atomic E-state index is 0.0602. The number of hydrogen-bond acceptors (Lipinski definition) is 4. The summed E-state index contributed by atoms with van der Waals surface area (Å²) in [5.41, 5.74) is 7.71. The first kappa shape index (κ1) is 21.3. The van der Waals surface area contributed by atoms with E-state index < -0.39 is 0 Å². The highest BCUT2D eigenvalue weighted by atomic mass is 35.5. The highest BCUT2D eigenvalue weighted by Gasteiger charge is 2.18. The Hall–Kier alpha value is -2.96. The van der Waals surface area contributed by atoms with Crippen LogP contribution in [0.25, 0.3) is 16.4 Å². The maximum Gasteiger partial charge on any atom is 0.228 e. The zero-order valence-corrected chi connectivity index (χ0v) is 19.4. The molecule has 4 aromatic rings. The van der Waals surface area contributed by atoms with Crippen LogP contribution in [0.4, 0.5) is 5.69 Å². The molecule has 158 valence electrons. The standard InChI is InChI=1S/C24H23ClN4OS/c1-14-5-10-20(11-15(14)2)26-23(30)12-21-16(3)28-29(17(21)4)24-27-22(13-31-24)18-6-8-19(25)9-7-18/h5-11,13H,12H2,1-4H3,(H,26,30). The van der Waals surface area contributed by atoms with E-state index in [1.54, 1.807) is 0 Å². The molecule has 0 aliphatic rings. The second kappa shape index (κ2) is 8.65. The number of halogens is 1. The lowest BCUT2D eigenvalue weighted by Gasteiger charge is -2.08. The maximum atomic E-state index is 12.7. The van der Waals surface area contributed by atoms with Gasteiger partial charge in [-0.05, 0) is 63.1 Å². The first-order valence-corrected chi connectivity index (χ1v) is 11.2. The molecule has 0 aliphatic carbocycles. The van der Waals surface area contributed by atoms with Gasteiger partial charge in [-0.1, -0.05) is 29.8 Å². The molecule has 5 nitrogen and oxygen atoms in total. The lowest BCUT2D eigenvalue weighted by molar-refractivity contribution is -0.115. The normalized spacial score (nSPS) is 11.0. The highest BCUT2D eigenvalue weighted by molar-refractivity contribution is 7.12. The fourth-order valence-corrected chi connectivity index (χ4v) is 4.38. The number of nitrogens with zero attached hydrogens (tertiary/aromatic N) is 3. The molecule has 0 saturated heterocycles. The Morgan fingerprint density at radius 2 is 1.81 bits per heavy atom. The number of amides is 1. The van der Waals surface area contributed by atoms with E-state index in [0.717, 1.165) is 44.6 Å². The molecular formula is C24H23ClN4OS. The zero-order valence-electron chi connectivity index (χ0n) is 17.9. The molecule has 0 fully saturated rings. The number of carbonyl (C=O) groups is 1. The van der Waals surface area contributed by atoms with Crippen LogP contribution in [0.1, 0.15) is 28.1 Å². The predicted octanol–water partition coefficient (Wildman–Crippen LogP) is 6.06. The number of aromatic nitrogens is 3. The van der Waals surface area contributed by atoms with E-state index in [1.807, 2.05) is 73.3 Å². The molecule has 1 N–H and O–H groups in total. The summed E-state index contributed by atoms with van der Waals surface area (Å²) in [4.78, 5) is 17.4. The number of rotatable bonds is 5. The van der Waals surface area contributed by atoms with Crippen molar-refractivity contribution < 1.29 is 4.79 Å². The number of benzene rings is 2. The van der Waals surface area contributed by atoms with Crippen LogP contribution in [0.2, 0.25) is 5.02 Å². The Bertz CT molecular complexity index is 1260. The summed E-state index contributed by atoms with van der Waals surface area (Å²) in [5.74, 6) is -0.0602. The van der Waals surface area contributed by atoms with Gasteiger partial charge in [-0.15, -0.1) is 11.3 Å². The lowest BCUT2D eigenvalue weighted by atomic mass is 10.1. The molecule has 1 amide bonds. The molecule has 0 atom stereocenters. The van der Waals surface area contributed by atoms with Crippen LogP contribution in [0.15, 0.2) is 47.8 Å². The van der Waals surface area contributed by atoms with Gasteiger partial charge in [-0.2, -0.15) is 5.10 Å². The quantitative estimate of drug-likeness (QED) is 0.401. The molecule has 31 heavy (non-hydrogen) atoms. The molecule has 0 saturated carbocycles. The van der Waals surface area contributed by atoms with E-state index in [4.69, 9.17) is 16.6 Å². The van der Waals surface area contributed by atoms with Gasteiger partial charge in [0, 0.05) is 32.9 Å².